The summed E-state index contributed by atoms with van der Waals surface area (Å²) < 4.78 is 10.9. The van der Waals surface area contributed by atoms with Crippen molar-refractivity contribution in [3.63, 3.8) is 0 Å². The SMILES string of the molecule is CF.c1ccc2sccc2c1. The zero-order valence-electron chi connectivity index (χ0n) is 6.25. The molecule has 1 aromatic carbocycles. The van der Waals surface area contributed by atoms with E-state index in [0.29, 0.717) is 7.18 Å². The highest BCUT2D eigenvalue weighted by Gasteiger charge is 1.87. The molecule has 0 nitrogen and oxygen atoms in total. The summed E-state index contributed by atoms with van der Waals surface area (Å²) in [5.74, 6) is 0. The Kier molecular flexibility index (Phi) is 3.05. The average molecular weight is 168 g/mol. The fourth-order valence-corrected chi connectivity index (χ4v) is 1.70. The van der Waals surface area contributed by atoms with Crippen molar-refractivity contribution in [2.24, 2.45) is 0 Å². The average Bonchev–Trinajstić information content (AvgIpc) is 2.55. The van der Waals surface area contributed by atoms with E-state index in [4.69, 9.17) is 0 Å². The maximum atomic E-state index is 9.50. The molecule has 1 aromatic heterocycles. The van der Waals surface area contributed by atoms with Crippen LogP contribution in [0.5, 0.6) is 0 Å². The molecule has 11 heavy (non-hydrogen) atoms. The van der Waals surface area contributed by atoms with Crippen molar-refractivity contribution in [3.05, 3.63) is 35.7 Å². The molecular formula is C9H9FS. The van der Waals surface area contributed by atoms with Crippen molar-refractivity contribution >= 4 is 21.4 Å². The van der Waals surface area contributed by atoms with E-state index < -0.39 is 0 Å². The van der Waals surface area contributed by atoms with E-state index in [9.17, 15) is 4.39 Å². The van der Waals surface area contributed by atoms with Gasteiger partial charge in [-0.15, -0.1) is 11.3 Å². The summed E-state index contributed by atoms with van der Waals surface area (Å²) in [6.07, 6.45) is 0. The van der Waals surface area contributed by atoms with E-state index in [2.05, 4.69) is 35.7 Å². The zero-order valence-corrected chi connectivity index (χ0v) is 7.07. The van der Waals surface area contributed by atoms with Crippen LogP contribution in [0, 0.1) is 0 Å². The zero-order chi connectivity index (χ0) is 8.10. The van der Waals surface area contributed by atoms with E-state index in [1.165, 1.54) is 10.1 Å². The minimum atomic E-state index is 0.500. The Hall–Kier alpha value is -0.890. The van der Waals surface area contributed by atoms with Gasteiger partial charge in [-0.25, -0.2) is 0 Å². The van der Waals surface area contributed by atoms with E-state index in [-0.39, 0.29) is 0 Å². The molecule has 0 spiro atoms. The van der Waals surface area contributed by atoms with Gasteiger partial charge in [0.25, 0.3) is 0 Å². The summed E-state index contributed by atoms with van der Waals surface area (Å²) in [4.78, 5) is 0. The van der Waals surface area contributed by atoms with E-state index in [1.54, 1.807) is 11.3 Å². The summed E-state index contributed by atoms with van der Waals surface area (Å²) in [7, 11) is 0.500. The number of halogens is 1. The normalized spacial score (nSPS) is 8.91. The Labute approximate surface area is 69.3 Å². The first kappa shape index (κ1) is 8.21. The van der Waals surface area contributed by atoms with Crippen LogP contribution in [0.1, 0.15) is 0 Å². The van der Waals surface area contributed by atoms with Crippen LogP contribution in [0.3, 0.4) is 0 Å². The number of thiophene rings is 1. The Morgan fingerprint density at radius 1 is 1.09 bits per heavy atom. The minimum absolute atomic E-state index is 0.500. The second-order valence-corrected chi connectivity index (χ2v) is 2.91. The molecule has 2 rings (SSSR count). The molecule has 0 atom stereocenters. The lowest BCUT2D eigenvalue weighted by molar-refractivity contribution is 0.636. The maximum absolute atomic E-state index is 9.50. The van der Waals surface area contributed by atoms with Crippen LogP contribution >= 0.6 is 11.3 Å². The number of alkyl halides is 1. The lowest BCUT2D eigenvalue weighted by atomic mass is 10.3. The first-order chi connectivity index (χ1) is 5.47. The fourth-order valence-electron chi connectivity index (χ4n) is 0.906. The largest absolute Gasteiger partial charge is 0.255 e. The monoisotopic (exact) mass is 168 g/mol. The molecule has 0 radical (unpaired) electrons. The highest BCUT2D eigenvalue weighted by Crippen LogP contribution is 2.18. The molecule has 0 aliphatic carbocycles. The maximum Gasteiger partial charge on any atom is 0.0785 e. The summed E-state index contributed by atoms with van der Waals surface area (Å²) >= 11 is 1.79. The van der Waals surface area contributed by atoms with Crippen molar-refractivity contribution in [1.82, 2.24) is 0 Å². The van der Waals surface area contributed by atoms with Gasteiger partial charge in [0, 0.05) is 4.70 Å². The van der Waals surface area contributed by atoms with Gasteiger partial charge < -0.3 is 0 Å². The third-order valence-electron chi connectivity index (χ3n) is 1.36. The van der Waals surface area contributed by atoms with E-state index >= 15 is 0 Å². The van der Waals surface area contributed by atoms with Crippen LogP contribution in [-0.2, 0) is 0 Å². The molecule has 2 aromatic rings. The molecule has 0 saturated carbocycles. The van der Waals surface area contributed by atoms with Gasteiger partial charge in [0.05, 0.1) is 7.18 Å². The van der Waals surface area contributed by atoms with Crippen molar-refractivity contribution in [1.29, 1.82) is 0 Å². The van der Waals surface area contributed by atoms with Gasteiger partial charge in [-0.2, -0.15) is 0 Å². The van der Waals surface area contributed by atoms with Gasteiger partial charge in [-0.05, 0) is 22.9 Å². The summed E-state index contributed by atoms with van der Waals surface area (Å²) in [5, 5.41) is 3.47. The second-order valence-electron chi connectivity index (χ2n) is 1.96. The topological polar surface area (TPSA) is 0 Å². The summed E-state index contributed by atoms with van der Waals surface area (Å²) in [5.41, 5.74) is 0. The summed E-state index contributed by atoms with van der Waals surface area (Å²) in [6, 6.07) is 10.5. The molecule has 2 heteroatoms. The van der Waals surface area contributed by atoms with Gasteiger partial charge in [0.15, 0.2) is 0 Å². The van der Waals surface area contributed by atoms with Crippen LogP contribution in [0.15, 0.2) is 35.7 Å². The van der Waals surface area contributed by atoms with Crippen LogP contribution in [0.4, 0.5) is 4.39 Å². The Morgan fingerprint density at radius 2 is 1.82 bits per heavy atom. The van der Waals surface area contributed by atoms with Gasteiger partial charge in [0.2, 0.25) is 0 Å². The third kappa shape index (κ3) is 1.77. The Morgan fingerprint density at radius 3 is 2.55 bits per heavy atom. The predicted octanol–water partition coefficient (Wildman–Crippen LogP) is 3.49. The molecular weight excluding hydrogens is 159 g/mol. The molecule has 0 aliphatic heterocycles. The molecule has 0 bridgehead atoms. The molecule has 0 unspecified atom stereocenters. The molecule has 0 amide bonds. The first-order valence-corrected chi connectivity index (χ1v) is 4.15. The lowest BCUT2D eigenvalue weighted by Crippen LogP contribution is -1.56. The van der Waals surface area contributed by atoms with Crippen molar-refractivity contribution in [2.45, 2.75) is 0 Å². The van der Waals surface area contributed by atoms with Crippen molar-refractivity contribution in [2.75, 3.05) is 7.18 Å². The highest BCUT2D eigenvalue weighted by molar-refractivity contribution is 7.17. The molecule has 0 N–H and O–H groups in total. The van der Waals surface area contributed by atoms with Crippen LogP contribution in [0.2, 0.25) is 0 Å². The smallest absolute Gasteiger partial charge is 0.0785 e. The van der Waals surface area contributed by atoms with Crippen LogP contribution in [0.25, 0.3) is 10.1 Å². The van der Waals surface area contributed by atoms with Crippen LogP contribution in [-0.4, -0.2) is 7.18 Å². The van der Waals surface area contributed by atoms with E-state index in [1.807, 2.05) is 0 Å². The molecule has 1 heterocycles. The second kappa shape index (κ2) is 4.09. The van der Waals surface area contributed by atoms with Gasteiger partial charge in [-0.1, -0.05) is 18.2 Å². The number of fused-ring (bicyclic) bond motifs is 1. The van der Waals surface area contributed by atoms with Gasteiger partial charge in [-0.3, -0.25) is 4.39 Å². The molecule has 0 saturated heterocycles. The standard InChI is InChI=1S/C8H6S.CH3F/c1-2-4-8-7(3-1)5-6-9-8;1-2/h1-6H;1H3. The number of hydrogen-bond acceptors (Lipinski definition) is 1. The third-order valence-corrected chi connectivity index (χ3v) is 2.26. The van der Waals surface area contributed by atoms with Crippen molar-refractivity contribution < 1.29 is 4.39 Å². The first-order valence-electron chi connectivity index (χ1n) is 3.27. The van der Waals surface area contributed by atoms with Gasteiger partial charge in [0.1, 0.15) is 0 Å². The lowest BCUT2D eigenvalue weighted by Gasteiger charge is -1.82. The molecule has 0 fully saturated rings. The number of rotatable bonds is 0. The number of hydrogen-bond donors (Lipinski definition) is 0. The predicted molar refractivity (Wildman–Crippen MR) is 48.9 cm³/mol. The van der Waals surface area contributed by atoms with Crippen LogP contribution < -0.4 is 0 Å². The van der Waals surface area contributed by atoms with E-state index in [0.717, 1.165) is 0 Å². The van der Waals surface area contributed by atoms with Gasteiger partial charge >= 0.3 is 0 Å². The van der Waals surface area contributed by atoms with Crippen molar-refractivity contribution in [3.8, 4) is 0 Å². The Balaban J connectivity index is 0.000000281. The number of benzene rings is 1. The highest BCUT2D eigenvalue weighted by atomic mass is 32.1. The minimum Gasteiger partial charge on any atom is -0.255 e. The quantitative estimate of drug-likeness (QED) is 0.565. The molecule has 0 aliphatic rings. The Bertz CT molecular complexity index is 284. The molecule has 58 valence electrons. The fraction of sp³-hybridized carbons (Fsp3) is 0.111. The summed E-state index contributed by atoms with van der Waals surface area (Å²) in [6.45, 7) is 0.